The monoisotopic (exact) mass is 449 g/mol. The first-order chi connectivity index (χ1) is 14.1. The van der Waals surface area contributed by atoms with E-state index in [1.54, 1.807) is 31.2 Å². The number of halogens is 1. The van der Waals surface area contributed by atoms with E-state index in [9.17, 15) is 22.6 Å². The fourth-order valence-electron chi connectivity index (χ4n) is 3.43. The Labute approximate surface area is 179 Å². The van der Waals surface area contributed by atoms with Crippen molar-refractivity contribution in [1.29, 1.82) is 0 Å². The smallest absolute Gasteiger partial charge is 0.305 e. The van der Waals surface area contributed by atoms with Crippen molar-refractivity contribution in [3.8, 4) is 0 Å². The Hall–Kier alpha value is -2.68. The summed E-state index contributed by atoms with van der Waals surface area (Å²) in [5, 5.41) is 1.02. The number of aromatic nitrogens is 1. The van der Waals surface area contributed by atoms with Gasteiger partial charge in [-0.25, -0.2) is 0 Å². The number of benzene rings is 2. The molecule has 1 heterocycles. The summed E-state index contributed by atoms with van der Waals surface area (Å²) in [7, 11) is -3.10. The number of carbonyl (C=O) groups excluding carboxylic acids is 2. The van der Waals surface area contributed by atoms with Gasteiger partial charge in [-0.15, -0.1) is 0 Å². The lowest BCUT2D eigenvalue weighted by atomic mass is 10.0. The Balaban J connectivity index is 2.14. The highest BCUT2D eigenvalue weighted by atomic mass is 35.5. The fraction of sp³-hybridized carbons (Fsp3) is 0.238. The van der Waals surface area contributed by atoms with E-state index in [4.69, 9.17) is 11.6 Å². The molecule has 0 fully saturated rings. The lowest BCUT2D eigenvalue weighted by molar-refractivity contribution is -0.140. The number of nitrogens with zero attached hydrogens (tertiary/aromatic N) is 1. The Morgan fingerprint density at radius 3 is 2.40 bits per heavy atom. The van der Waals surface area contributed by atoms with E-state index in [0.717, 1.165) is 5.56 Å². The second-order valence-electron chi connectivity index (χ2n) is 6.80. The van der Waals surface area contributed by atoms with Gasteiger partial charge in [-0.05, 0) is 67.8 Å². The average Bonchev–Trinajstić information content (AvgIpc) is 2.98. The molecular weight excluding hydrogens is 430 g/mol. The third kappa shape index (κ3) is 4.40. The van der Waals surface area contributed by atoms with Gasteiger partial charge in [0.05, 0.1) is 17.5 Å². The van der Waals surface area contributed by atoms with Crippen molar-refractivity contribution in [1.82, 2.24) is 4.57 Å². The zero-order valence-corrected chi connectivity index (χ0v) is 18.0. The van der Waals surface area contributed by atoms with Crippen LogP contribution in [0.1, 0.15) is 34.5 Å². The van der Waals surface area contributed by atoms with Crippen molar-refractivity contribution in [2.75, 3.05) is 7.11 Å². The van der Waals surface area contributed by atoms with Crippen LogP contribution in [0.2, 0.25) is 5.02 Å². The normalized spacial score (nSPS) is 11.6. The molecule has 7 nitrogen and oxygen atoms in total. The molecule has 0 aliphatic heterocycles. The average molecular weight is 450 g/mol. The van der Waals surface area contributed by atoms with Crippen molar-refractivity contribution in [3.63, 3.8) is 0 Å². The number of carbonyl (C=O) groups is 2. The van der Waals surface area contributed by atoms with Gasteiger partial charge in [0, 0.05) is 28.1 Å². The van der Waals surface area contributed by atoms with Gasteiger partial charge >= 0.3 is 5.97 Å². The van der Waals surface area contributed by atoms with E-state index in [-0.39, 0.29) is 23.2 Å². The Morgan fingerprint density at radius 2 is 1.80 bits per heavy atom. The maximum atomic E-state index is 13.2. The summed E-state index contributed by atoms with van der Waals surface area (Å²) in [6.07, 6.45) is 1.07. The second kappa shape index (κ2) is 8.59. The molecule has 1 N–H and O–H groups in total. The van der Waals surface area contributed by atoms with Crippen molar-refractivity contribution < 1.29 is 27.3 Å². The molecule has 1 aromatic heterocycles. The van der Waals surface area contributed by atoms with Crippen LogP contribution in [0.4, 0.5) is 0 Å². The quantitative estimate of drug-likeness (QED) is 0.450. The van der Waals surface area contributed by atoms with E-state index in [1.165, 1.54) is 29.9 Å². The Kier molecular flexibility index (Phi) is 6.30. The third-order valence-electron chi connectivity index (χ3n) is 4.93. The van der Waals surface area contributed by atoms with Gasteiger partial charge in [-0.2, -0.15) is 8.42 Å². The van der Waals surface area contributed by atoms with Crippen LogP contribution in [0.15, 0.2) is 47.4 Å². The van der Waals surface area contributed by atoms with E-state index >= 15 is 0 Å². The van der Waals surface area contributed by atoms with Crippen LogP contribution in [-0.4, -0.2) is 36.5 Å². The van der Waals surface area contributed by atoms with Gasteiger partial charge in [0.25, 0.3) is 16.0 Å². The highest BCUT2D eigenvalue weighted by molar-refractivity contribution is 7.85. The highest BCUT2D eigenvalue weighted by Gasteiger charge is 2.22. The number of fused-ring (bicyclic) bond motifs is 1. The van der Waals surface area contributed by atoms with Crippen LogP contribution in [0, 0.1) is 6.92 Å². The number of hydrogen-bond acceptors (Lipinski definition) is 5. The summed E-state index contributed by atoms with van der Waals surface area (Å²) in [5.74, 6) is -0.653. The molecule has 30 heavy (non-hydrogen) atoms. The highest BCUT2D eigenvalue weighted by Crippen LogP contribution is 2.30. The summed E-state index contributed by atoms with van der Waals surface area (Å²) in [6.45, 7) is 1.76. The lowest BCUT2D eigenvalue weighted by Gasteiger charge is -2.08. The van der Waals surface area contributed by atoms with Gasteiger partial charge in [0.2, 0.25) is 0 Å². The summed E-state index contributed by atoms with van der Waals surface area (Å²) in [4.78, 5) is 24.4. The van der Waals surface area contributed by atoms with Crippen LogP contribution >= 0.6 is 11.6 Å². The number of esters is 1. The molecule has 0 amide bonds. The minimum absolute atomic E-state index is 0.186. The molecule has 3 rings (SSSR count). The van der Waals surface area contributed by atoms with Crippen LogP contribution in [0.25, 0.3) is 10.9 Å². The molecule has 3 aromatic rings. The van der Waals surface area contributed by atoms with Gasteiger partial charge in [-0.3, -0.25) is 18.7 Å². The maximum Gasteiger partial charge on any atom is 0.305 e. The second-order valence-corrected chi connectivity index (χ2v) is 8.65. The summed E-state index contributed by atoms with van der Waals surface area (Å²) in [6, 6.07) is 10.5. The molecule has 158 valence electrons. The number of rotatable bonds is 6. The van der Waals surface area contributed by atoms with Crippen LogP contribution in [0.3, 0.4) is 0 Å². The molecular formula is C21H20ClNO6S. The van der Waals surface area contributed by atoms with Crippen LogP contribution in [-0.2, 0) is 26.1 Å². The largest absolute Gasteiger partial charge is 0.469 e. The minimum atomic E-state index is -4.41. The van der Waals surface area contributed by atoms with E-state index in [1.807, 2.05) is 0 Å². The number of hydrogen-bond donors (Lipinski definition) is 1. The fourth-order valence-corrected chi connectivity index (χ4v) is 4.07. The van der Waals surface area contributed by atoms with Crippen molar-refractivity contribution >= 4 is 44.5 Å². The first-order valence-corrected chi connectivity index (χ1v) is 10.9. The molecule has 0 saturated carbocycles. The molecule has 0 atom stereocenters. The molecule has 0 radical (unpaired) electrons. The Morgan fingerprint density at radius 1 is 1.13 bits per heavy atom. The van der Waals surface area contributed by atoms with Gasteiger partial charge < -0.3 is 4.74 Å². The molecule has 0 bridgehead atoms. The van der Waals surface area contributed by atoms with Crippen LogP contribution < -0.4 is 0 Å². The predicted octanol–water partition coefficient (Wildman–Crippen LogP) is 4.03. The molecule has 0 saturated heterocycles. The summed E-state index contributed by atoms with van der Waals surface area (Å²) in [5.41, 5.74) is 2.27. The summed E-state index contributed by atoms with van der Waals surface area (Å²) < 4.78 is 38.8. The van der Waals surface area contributed by atoms with Gasteiger partial charge in [0.15, 0.2) is 0 Å². The summed E-state index contributed by atoms with van der Waals surface area (Å²) >= 11 is 5.91. The zero-order valence-electron chi connectivity index (χ0n) is 16.4. The van der Waals surface area contributed by atoms with E-state index in [0.29, 0.717) is 40.0 Å². The molecule has 9 heteroatoms. The molecule has 0 unspecified atom stereocenters. The predicted molar refractivity (Wildman–Crippen MR) is 113 cm³/mol. The topological polar surface area (TPSA) is 103 Å². The lowest BCUT2D eigenvalue weighted by Crippen LogP contribution is -2.13. The van der Waals surface area contributed by atoms with Crippen molar-refractivity contribution in [2.24, 2.45) is 0 Å². The number of ether oxygens (including phenoxy) is 1. The molecule has 0 aliphatic carbocycles. The molecule has 0 spiro atoms. The SMILES string of the molecule is COC(=O)CCCc1c(C)n(C(=O)c2ccc(Cl)cc2)c2ccc(S(=O)(=O)O)cc12. The van der Waals surface area contributed by atoms with Gasteiger partial charge in [-0.1, -0.05) is 11.6 Å². The minimum Gasteiger partial charge on any atom is -0.469 e. The third-order valence-corrected chi connectivity index (χ3v) is 6.04. The standard InChI is InChI=1S/C21H20ClNO6S/c1-13-17(4-3-5-20(24)29-2)18-12-16(30(26,27)28)10-11-19(18)23(13)21(25)14-6-8-15(22)9-7-14/h6-12H,3-5H2,1-2H3,(H,26,27,28). The van der Waals surface area contributed by atoms with E-state index < -0.39 is 10.1 Å². The van der Waals surface area contributed by atoms with Crippen LogP contribution in [0.5, 0.6) is 0 Å². The first kappa shape index (κ1) is 22.0. The molecule has 2 aromatic carbocycles. The molecule has 0 aliphatic rings. The number of methoxy groups -OCH3 is 1. The van der Waals surface area contributed by atoms with Crippen molar-refractivity contribution in [3.05, 3.63) is 64.3 Å². The zero-order chi connectivity index (χ0) is 22.1. The maximum absolute atomic E-state index is 13.2. The van der Waals surface area contributed by atoms with Crippen molar-refractivity contribution in [2.45, 2.75) is 31.1 Å². The van der Waals surface area contributed by atoms with Gasteiger partial charge in [0.1, 0.15) is 0 Å². The first-order valence-electron chi connectivity index (χ1n) is 9.12. The Bertz CT molecular complexity index is 1230. The van der Waals surface area contributed by atoms with E-state index in [2.05, 4.69) is 4.74 Å². The number of aryl methyl sites for hydroxylation is 1.